The molecule has 0 fully saturated rings. The van der Waals surface area contributed by atoms with Gasteiger partial charge in [0, 0.05) is 18.0 Å². The number of carbonyl (C=O) groups is 1. The number of amides is 1. The fourth-order valence-electron chi connectivity index (χ4n) is 1.93. The van der Waals surface area contributed by atoms with E-state index >= 15 is 0 Å². The van der Waals surface area contributed by atoms with Crippen LogP contribution in [0.1, 0.15) is 24.3 Å². The van der Waals surface area contributed by atoms with Crippen LogP contribution in [0.5, 0.6) is 0 Å². The number of thiophene rings is 1. The summed E-state index contributed by atoms with van der Waals surface area (Å²) in [5, 5.41) is 2.10. The third-order valence-corrected chi connectivity index (χ3v) is 4.15. The van der Waals surface area contributed by atoms with Gasteiger partial charge < -0.3 is 10.6 Å². The molecular formula is C12H19ClN2OS. The molecule has 0 bridgehead atoms. The molecule has 1 aromatic rings. The maximum absolute atomic E-state index is 12.1. The molecule has 1 aromatic heterocycles. The van der Waals surface area contributed by atoms with Crippen LogP contribution in [0.3, 0.4) is 0 Å². The Balaban J connectivity index is 0.00000144. The number of nitrogens with zero attached hydrogens (tertiary/aromatic N) is 1. The minimum Gasteiger partial charge on any atom is -0.337 e. The van der Waals surface area contributed by atoms with E-state index in [0.717, 1.165) is 19.5 Å². The number of nitrogens with two attached hydrogens (primary N) is 1. The molecule has 1 aliphatic rings. The smallest absolute Gasteiger partial charge is 0.240 e. The van der Waals surface area contributed by atoms with Crippen LogP contribution in [0.15, 0.2) is 11.4 Å². The van der Waals surface area contributed by atoms with Crippen molar-refractivity contribution in [2.24, 2.45) is 11.7 Å². The fourth-order valence-corrected chi connectivity index (χ4v) is 2.82. The molecular weight excluding hydrogens is 256 g/mol. The van der Waals surface area contributed by atoms with Gasteiger partial charge in [0.25, 0.3) is 0 Å². The van der Waals surface area contributed by atoms with E-state index in [0.29, 0.717) is 0 Å². The Hall–Kier alpha value is -0.580. The van der Waals surface area contributed by atoms with Gasteiger partial charge in [-0.15, -0.1) is 23.7 Å². The van der Waals surface area contributed by atoms with E-state index in [2.05, 4.69) is 11.4 Å². The van der Waals surface area contributed by atoms with Crippen molar-refractivity contribution in [2.75, 3.05) is 6.54 Å². The lowest BCUT2D eigenvalue weighted by Crippen LogP contribution is -2.47. The zero-order valence-electron chi connectivity index (χ0n) is 10.2. The van der Waals surface area contributed by atoms with Crippen molar-refractivity contribution >= 4 is 29.7 Å². The lowest BCUT2D eigenvalue weighted by molar-refractivity contribution is -0.134. The predicted octanol–water partition coefficient (Wildman–Crippen LogP) is 2.04. The molecule has 1 aliphatic heterocycles. The van der Waals surface area contributed by atoms with Crippen LogP contribution in [0.25, 0.3) is 0 Å². The highest BCUT2D eigenvalue weighted by Crippen LogP contribution is 2.24. The SMILES string of the molecule is CC(C)[C@@H](N)C(=O)N1CCc2sccc2C1.Cl. The second-order valence-corrected chi connectivity index (χ2v) is 5.65. The minimum absolute atomic E-state index is 0. The van der Waals surface area contributed by atoms with Gasteiger partial charge in [-0.05, 0) is 29.3 Å². The topological polar surface area (TPSA) is 46.3 Å². The number of rotatable bonds is 2. The van der Waals surface area contributed by atoms with E-state index in [1.165, 1.54) is 10.4 Å². The lowest BCUT2D eigenvalue weighted by Gasteiger charge is -2.30. The van der Waals surface area contributed by atoms with E-state index < -0.39 is 0 Å². The van der Waals surface area contributed by atoms with Gasteiger partial charge in [-0.1, -0.05) is 13.8 Å². The summed E-state index contributed by atoms with van der Waals surface area (Å²) in [6.07, 6.45) is 0.976. The molecule has 0 saturated heterocycles. The van der Waals surface area contributed by atoms with Crippen LogP contribution in [-0.2, 0) is 17.8 Å². The van der Waals surface area contributed by atoms with Gasteiger partial charge in [0.15, 0.2) is 0 Å². The van der Waals surface area contributed by atoms with Crippen LogP contribution < -0.4 is 5.73 Å². The molecule has 96 valence electrons. The van der Waals surface area contributed by atoms with E-state index in [9.17, 15) is 4.79 Å². The molecule has 0 radical (unpaired) electrons. The molecule has 0 saturated carbocycles. The van der Waals surface area contributed by atoms with Gasteiger partial charge in [0.05, 0.1) is 6.04 Å². The van der Waals surface area contributed by atoms with Crippen LogP contribution >= 0.6 is 23.7 Å². The first kappa shape index (κ1) is 14.5. The van der Waals surface area contributed by atoms with Gasteiger partial charge in [-0.2, -0.15) is 0 Å². The average Bonchev–Trinajstić information content (AvgIpc) is 2.73. The highest BCUT2D eigenvalue weighted by Gasteiger charge is 2.26. The van der Waals surface area contributed by atoms with E-state index in [1.807, 2.05) is 18.7 Å². The number of hydrogen-bond acceptors (Lipinski definition) is 3. The quantitative estimate of drug-likeness (QED) is 0.897. The fraction of sp³-hybridized carbons (Fsp3) is 0.583. The number of halogens is 1. The summed E-state index contributed by atoms with van der Waals surface area (Å²) < 4.78 is 0. The van der Waals surface area contributed by atoms with Crippen molar-refractivity contribution < 1.29 is 4.79 Å². The Bertz CT molecular complexity index is 392. The monoisotopic (exact) mass is 274 g/mol. The molecule has 2 rings (SSSR count). The normalized spacial score (nSPS) is 16.4. The summed E-state index contributed by atoms with van der Waals surface area (Å²) in [4.78, 5) is 15.4. The first-order valence-electron chi connectivity index (χ1n) is 5.69. The molecule has 0 spiro atoms. The van der Waals surface area contributed by atoms with Gasteiger partial charge in [0.2, 0.25) is 5.91 Å². The summed E-state index contributed by atoms with van der Waals surface area (Å²) in [6.45, 7) is 5.52. The molecule has 3 nitrogen and oxygen atoms in total. The van der Waals surface area contributed by atoms with Crippen LogP contribution in [0.4, 0.5) is 0 Å². The standard InChI is InChI=1S/C12H18N2OS.ClH/c1-8(2)11(13)12(15)14-5-3-10-9(7-14)4-6-16-10;/h4,6,8,11H,3,5,7,13H2,1-2H3;1H/t11-;/m1./s1. The Kier molecular flexibility index (Phi) is 4.98. The van der Waals surface area contributed by atoms with Gasteiger partial charge in [-0.25, -0.2) is 0 Å². The highest BCUT2D eigenvalue weighted by molar-refractivity contribution is 7.10. The van der Waals surface area contributed by atoms with E-state index in [1.54, 1.807) is 11.3 Å². The first-order valence-corrected chi connectivity index (χ1v) is 6.57. The van der Waals surface area contributed by atoms with E-state index in [4.69, 9.17) is 5.73 Å². The summed E-state index contributed by atoms with van der Waals surface area (Å²) in [7, 11) is 0. The number of fused-ring (bicyclic) bond motifs is 1. The third kappa shape index (κ3) is 3.00. The van der Waals surface area contributed by atoms with Crippen molar-refractivity contribution in [3.8, 4) is 0 Å². The molecule has 0 unspecified atom stereocenters. The lowest BCUT2D eigenvalue weighted by atomic mass is 10.0. The minimum atomic E-state index is -0.361. The summed E-state index contributed by atoms with van der Waals surface area (Å²) >= 11 is 1.78. The molecule has 1 atom stereocenters. The highest BCUT2D eigenvalue weighted by atomic mass is 35.5. The molecule has 2 N–H and O–H groups in total. The molecule has 2 heterocycles. The van der Waals surface area contributed by atoms with Crippen molar-refractivity contribution in [1.82, 2.24) is 4.90 Å². The average molecular weight is 275 g/mol. The zero-order chi connectivity index (χ0) is 11.7. The van der Waals surface area contributed by atoms with Gasteiger partial charge in [0.1, 0.15) is 0 Å². The summed E-state index contributed by atoms with van der Waals surface area (Å²) in [5.41, 5.74) is 7.19. The summed E-state index contributed by atoms with van der Waals surface area (Å²) in [6, 6.07) is 1.75. The second kappa shape index (κ2) is 5.85. The van der Waals surface area contributed by atoms with Crippen molar-refractivity contribution in [1.29, 1.82) is 0 Å². The van der Waals surface area contributed by atoms with Crippen molar-refractivity contribution in [2.45, 2.75) is 32.9 Å². The Labute approximate surface area is 112 Å². The number of carbonyl (C=O) groups excluding carboxylic acids is 1. The Morgan fingerprint density at radius 1 is 1.53 bits per heavy atom. The first-order chi connectivity index (χ1) is 7.59. The summed E-state index contributed by atoms with van der Waals surface area (Å²) in [5.74, 6) is 0.295. The van der Waals surface area contributed by atoms with Crippen LogP contribution in [-0.4, -0.2) is 23.4 Å². The van der Waals surface area contributed by atoms with E-state index in [-0.39, 0.29) is 30.3 Å². The molecule has 0 aromatic carbocycles. The maximum atomic E-state index is 12.1. The Morgan fingerprint density at radius 3 is 2.88 bits per heavy atom. The largest absolute Gasteiger partial charge is 0.337 e. The molecule has 17 heavy (non-hydrogen) atoms. The maximum Gasteiger partial charge on any atom is 0.240 e. The zero-order valence-corrected chi connectivity index (χ0v) is 11.8. The molecule has 1 amide bonds. The van der Waals surface area contributed by atoms with Gasteiger partial charge >= 0.3 is 0 Å². The van der Waals surface area contributed by atoms with Crippen molar-refractivity contribution in [3.05, 3.63) is 21.9 Å². The third-order valence-electron chi connectivity index (χ3n) is 3.12. The molecule has 0 aliphatic carbocycles. The van der Waals surface area contributed by atoms with Crippen LogP contribution in [0.2, 0.25) is 0 Å². The second-order valence-electron chi connectivity index (χ2n) is 4.65. The van der Waals surface area contributed by atoms with Gasteiger partial charge in [-0.3, -0.25) is 4.79 Å². The Morgan fingerprint density at radius 2 is 2.24 bits per heavy atom. The molecule has 5 heteroatoms. The van der Waals surface area contributed by atoms with Crippen LogP contribution in [0, 0.1) is 5.92 Å². The number of hydrogen-bond donors (Lipinski definition) is 1. The van der Waals surface area contributed by atoms with Crippen molar-refractivity contribution in [3.63, 3.8) is 0 Å². The predicted molar refractivity (Wildman–Crippen MR) is 73.5 cm³/mol.